The van der Waals surface area contributed by atoms with Crippen LogP contribution < -0.4 is 0 Å². The first kappa shape index (κ1) is 54.1. The summed E-state index contributed by atoms with van der Waals surface area (Å²) in [6, 6.07) is 0. The molecule has 6 heteroatoms. The Morgan fingerprint density at radius 1 is 0.368 bits per heavy atom. The van der Waals surface area contributed by atoms with Crippen LogP contribution in [0.15, 0.2) is 60.8 Å². The van der Waals surface area contributed by atoms with Crippen LogP contribution in [0, 0.1) is 0 Å². The van der Waals surface area contributed by atoms with Gasteiger partial charge in [0, 0.05) is 19.3 Å². The zero-order valence-corrected chi connectivity index (χ0v) is 37.3. The van der Waals surface area contributed by atoms with E-state index in [0.717, 1.165) is 103 Å². The molecule has 0 spiro atoms. The molecule has 0 bridgehead atoms. The Morgan fingerprint density at radius 2 is 0.702 bits per heavy atom. The first-order chi connectivity index (χ1) is 28.0. The summed E-state index contributed by atoms with van der Waals surface area (Å²) in [5, 5.41) is 0. The van der Waals surface area contributed by atoms with Gasteiger partial charge in [-0.2, -0.15) is 0 Å². The van der Waals surface area contributed by atoms with Gasteiger partial charge in [0.15, 0.2) is 6.10 Å². The third-order valence-corrected chi connectivity index (χ3v) is 10.0. The zero-order chi connectivity index (χ0) is 41.5. The zero-order valence-electron chi connectivity index (χ0n) is 37.3. The number of unbranched alkanes of at least 4 members (excludes halogenated alkanes) is 21. The van der Waals surface area contributed by atoms with Gasteiger partial charge in [0.25, 0.3) is 0 Å². The SMILES string of the molecule is CC/C=C\C/C=C\C/C=C\C/C=C\CCCCCCC(=O)OC[C@H](COC(=O)CCCCCCC/C=C\CCCC)OC(=O)CCCCCCCCCCCCC. The molecule has 0 saturated heterocycles. The molecule has 0 fully saturated rings. The average molecular weight is 797 g/mol. The summed E-state index contributed by atoms with van der Waals surface area (Å²) >= 11 is 0. The van der Waals surface area contributed by atoms with Crippen LogP contribution in [0.2, 0.25) is 0 Å². The molecule has 0 N–H and O–H groups in total. The smallest absolute Gasteiger partial charge is 0.306 e. The fourth-order valence-electron chi connectivity index (χ4n) is 6.41. The van der Waals surface area contributed by atoms with Crippen molar-refractivity contribution < 1.29 is 28.6 Å². The van der Waals surface area contributed by atoms with Gasteiger partial charge < -0.3 is 14.2 Å². The standard InChI is InChI=1S/C51H88O6/c1-4-7-10-13-16-19-22-23-24-25-26-27-30-32-35-38-41-44-50(53)56-47-48(57-51(54)45-42-39-36-33-29-21-18-15-12-9-6-3)46-55-49(52)43-40-37-34-31-28-20-17-14-11-8-5-2/h7,10,14,16-17,19,23-24,26-27,48H,4-6,8-9,11-13,15,18,20-22,25,28-47H2,1-3H3/b10-7-,17-14-,19-16-,24-23-,27-26-/t48-/m0/s1. The third kappa shape index (κ3) is 44.1. The van der Waals surface area contributed by atoms with Crippen LogP contribution in [0.3, 0.4) is 0 Å². The lowest BCUT2D eigenvalue weighted by Gasteiger charge is -2.18. The van der Waals surface area contributed by atoms with Crippen molar-refractivity contribution in [3.63, 3.8) is 0 Å². The highest BCUT2D eigenvalue weighted by molar-refractivity contribution is 5.71. The van der Waals surface area contributed by atoms with Crippen LogP contribution >= 0.6 is 0 Å². The van der Waals surface area contributed by atoms with E-state index >= 15 is 0 Å². The Hall–Kier alpha value is -2.89. The summed E-state index contributed by atoms with van der Waals surface area (Å²) in [7, 11) is 0. The Bertz CT molecular complexity index is 1050. The highest BCUT2D eigenvalue weighted by Gasteiger charge is 2.19. The van der Waals surface area contributed by atoms with Crippen LogP contribution in [-0.4, -0.2) is 37.2 Å². The van der Waals surface area contributed by atoms with E-state index in [4.69, 9.17) is 14.2 Å². The van der Waals surface area contributed by atoms with E-state index in [0.29, 0.717) is 19.3 Å². The lowest BCUT2D eigenvalue weighted by molar-refractivity contribution is -0.167. The number of rotatable bonds is 42. The number of allylic oxidation sites excluding steroid dienone is 10. The molecule has 328 valence electrons. The Morgan fingerprint density at radius 3 is 1.14 bits per heavy atom. The van der Waals surface area contributed by atoms with Gasteiger partial charge in [-0.3, -0.25) is 14.4 Å². The van der Waals surface area contributed by atoms with E-state index in [-0.39, 0.29) is 31.1 Å². The monoisotopic (exact) mass is 797 g/mol. The maximum Gasteiger partial charge on any atom is 0.306 e. The van der Waals surface area contributed by atoms with E-state index in [1.807, 2.05) is 0 Å². The van der Waals surface area contributed by atoms with Crippen molar-refractivity contribution in [3.8, 4) is 0 Å². The van der Waals surface area contributed by atoms with Gasteiger partial charge in [0.05, 0.1) is 0 Å². The maximum atomic E-state index is 12.7. The minimum atomic E-state index is -0.783. The predicted molar refractivity (Wildman–Crippen MR) is 242 cm³/mol. The van der Waals surface area contributed by atoms with Gasteiger partial charge in [-0.15, -0.1) is 0 Å². The topological polar surface area (TPSA) is 78.9 Å². The summed E-state index contributed by atoms with van der Waals surface area (Å²) in [5.74, 6) is -0.920. The minimum Gasteiger partial charge on any atom is -0.462 e. The number of carbonyl (C=O) groups is 3. The second-order valence-electron chi connectivity index (χ2n) is 15.6. The molecule has 0 unspecified atom stereocenters. The van der Waals surface area contributed by atoms with E-state index in [1.54, 1.807) is 0 Å². The number of hydrogen-bond acceptors (Lipinski definition) is 6. The largest absolute Gasteiger partial charge is 0.462 e. The normalized spacial score (nSPS) is 12.5. The molecular weight excluding hydrogens is 709 g/mol. The molecule has 0 aliphatic carbocycles. The van der Waals surface area contributed by atoms with Crippen molar-refractivity contribution in [2.24, 2.45) is 0 Å². The molecule has 0 aromatic rings. The van der Waals surface area contributed by atoms with Crippen LogP contribution in [0.4, 0.5) is 0 Å². The molecule has 0 rings (SSSR count). The first-order valence-corrected chi connectivity index (χ1v) is 23.8. The Labute approximate surface area is 351 Å². The van der Waals surface area contributed by atoms with E-state index in [1.165, 1.54) is 83.5 Å². The second kappa shape index (κ2) is 45.8. The molecule has 0 aromatic carbocycles. The van der Waals surface area contributed by atoms with Crippen LogP contribution in [0.1, 0.15) is 226 Å². The fourth-order valence-corrected chi connectivity index (χ4v) is 6.41. The molecule has 1 atom stereocenters. The van der Waals surface area contributed by atoms with E-state index in [2.05, 4.69) is 81.5 Å². The van der Waals surface area contributed by atoms with Crippen molar-refractivity contribution >= 4 is 17.9 Å². The number of carbonyl (C=O) groups excluding carboxylic acids is 3. The average Bonchev–Trinajstić information content (AvgIpc) is 3.21. The molecule has 0 aliphatic heterocycles. The minimum absolute atomic E-state index is 0.0855. The van der Waals surface area contributed by atoms with Gasteiger partial charge in [0.1, 0.15) is 13.2 Å². The fraction of sp³-hybridized carbons (Fsp3) is 0.745. The lowest BCUT2D eigenvalue weighted by Crippen LogP contribution is -2.30. The van der Waals surface area contributed by atoms with Gasteiger partial charge in [-0.1, -0.05) is 191 Å². The summed E-state index contributed by atoms with van der Waals surface area (Å²) in [6.45, 7) is 6.44. The second-order valence-corrected chi connectivity index (χ2v) is 15.6. The predicted octanol–water partition coefficient (Wildman–Crippen LogP) is 15.3. The van der Waals surface area contributed by atoms with E-state index in [9.17, 15) is 14.4 Å². The highest BCUT2D eigenvalue weighted by atomic mass is 16.6. The van der Waals surface area contributed by atoms with Crippen LogP contribution in [0.25, 0.3) is 0 Å². The maximum absolute atomic E-state index is 12.7. The number of hydrogen-bond donors (Lipinski definition) is 0. The van der Waals surface area contributed by atoms with Crippen molar-refractivity contribution in [2.75, 3.05) is 13.2 Å². The molecule has 0 aliphatic rings. The number of esters is 3. The molecule has 0 saturated carbocycles. The molecule has 0 amide bonds. The molecular formula is C51H88O6. The molecule has 0 radical (unpaired) electrons. The summed E-state index contributed by atoms with van der Waals surface area (Å²) < 4.78 is 16.7. The van der Waals surface area contributed by atoms with Gasteiger partial charge in [-0.05, 0) is 77.0 Å². The summed E-state index contributed by atoms with van der Waals surface area (Å²) in [5.41, 5.74) is 0. The third-order valence-electron chi connectivity index (χ3n) is 10.0. The van der Waals surface area contributed by atoms with Crippen molar-refractivity contribution in [3.05, 3.63) is 60.8 Å². The van der Waals surface area contributed by atoms with Gasteiger partial charge in [-0.25, -0.2) is 0 Å². The molecule has 6 nitrogen and oxygen atoms in total. The summed E-state index contributed by atoms with van der Waals surface area (Å²) in [4.78, 5) is 37.8. The molecule has 57 heavy (non-hydrogen) atoms. The van der Waals surface area contributed by atoms with E-state index < -0.39 is 6.10 Å². The van der Waals surface area contributed by atoms with Gasteiger partial charge >= 0.3 is 17.9 Å². The van der Waals surface area contributed by atoms with Gasteiger partial charge in [0.2, 0.25) is 0 Å². The van der Waals surface area contributed by atoms with Crippen molar-refractivity contribution in [2.45, 2.75) is 232 Å². The van der Waals surface area contributed by atoms with Crippen LogP contribution in [0.5, 0.6) is 0 Å². The molecule has 0 aromatic heterocycles. The van der Waals surface area contributed by atoms with Crippen molar-refractivity contribution in [1.29, 1.82) is 0 Å². The van der Waals surface area contributed by atoms with Crippen molar-refractivity contribution in [1.82, 2.24) is 0 Å². The Balaban J connectivity index is 4.40. The lowest BCUT2D eigenvalue weighted by atomic mass is 10.1. The summed E-state index contributed by atoms with van der Waals surface area (Å²) in [6.07, 6.45) is 54.8. The highest BCUT2D eigenvalue weighted by Crippen LogP contribution is 2.14. The first-order valence-electron chi connectivity index (χ1n) is 23.8. The quantitative estimate of drug-likeness (QED) is 0.0265. The number of ether oxygens (including phenoxy) is 3. The van der Waals surface area contributed by atoms with Crippen LogP contribution in [-0.2, 0) is 28.6 Å². The Kier molecular flexibility index (Phi) is 43.5. The molecule has 0 heterocycles.